The highest BCUT2D eigenvalue weighted by atomic mass is 79.9. The van der Waals surface area contributed by atoms with Gasteiger partial charge < -0.3 is 5.32 Å². The molecule has 3 aromatic rings. The van der Waals surface area contributed by atoms with Gasteiger partial charge in [0, 0.05) is 28.0 Å². The predicted octanol–water partition coefficient (Wildman–Crippen LogP) is 5.41. The zero-order valence-corrected chi connectivity index (χ0v) is 19.0. The molecule has 8 nitrogen and oxygen atoms in total. The molecule has 2 amide bonds. The number of hydrogen-bond acceptors (Lipinski definition) is 7. The maximum Gasteiger partial charge on any atom is 0.282 e. The average Bonchev–Trinajstić information content (AvgIpc) is 3.33. The van der Waals surface area contributed by atoms with E-state index in [9.17, 15) is 9.59 Å². The van der Waals surface area contributed by atoms with Crippen LogP contribution in [0.2, 0.25) is 0 Å². The highest BCUT2D eigenvalue weighted by molar-refractivity contribution is 9.10. The molecule has 1 aromatic heterocycles. The molecule has 10 heteroatoms. The SMILES string of the molecule is CC(=O)Nc1ccc(N=N[C@H]2C(=O)N(c3nc(-c4ccc(Br)cc4)cs3)N=C2C)cc1. The molecule has 156 valence electrons. The van der Waals surface area contributed by atoms with E-state index in [0.717, 1.165) is 15.7 Å². The Balaban J connectivity index is 1.48. The van der Waals surface area contributed by atoms with E-state index in [1.807, 2.05) is 29.6 Å². The second-order valence-electron chi connectivity index (χ2n) is 6.76. The molecule has 0 aliphatic carbocycles. The van der Waals surface area contributed by atoms with Crippen LogP contribution in [0, 0.1) is 0 Å². The molecule has 0 radical (unpaired) electrons. The quantitative estimate of drug-likeness (QED) is 0.478. The molecule has 0 bridgehead atoms. The number of azo groups is 1. The molecule has 2 heterocycles. The normalized spacial score (nSPS) is 16.1. The molecule has 1 N–H and O–H groups in total. The van der Waals surface area contributed by atoms with E-state index in [2.05, 4.69) is 41.6 Å². The van der Waals surface area contributed by atoms with E-state index >= 15 is 0 Å². The number of amides is 2. The monoisotopic (exact) mass is 496 g/mol. The molecule has 1 atom stereocenters. The first-order chi connectivity index (χ1) is 14.9. The number of benzene rings is 2. The summed E-state index contributed by atoms with van der Waals surface area (Å²) in [6.07, 6.45) is 0. The lowest BCUT2D eigenvalue weighted by Gasteiger charge is -2.08. The standard InChI is InChI=1S/C21H17BrN6O2S/c1-12-19(26-25-17-9-7-16(8-10-17)23-13(2)29)20(30)28(27-12)21-24-18(11-31-21)14-3-5-15(22)6-4-14/h3-11,19H,1-2H3,(H,23,29)/t19-/m1/s1. The van der Waals surface area contributed by atoms with Gasteiger partial charge in [0.15, 0.2) is 6.04 Å². The smallest absolute Gasteiger partial charge is 0.282 e. The van der Waals surface area contributed by atoms with Crippen molar-refractivity contribution < 1.29 is 9.59 Å². The van der Waals surface area contributed by atoms with E-state index in [1.54, 1.807) is 31.2 Å². The van der Waals surface area contributed by atoms with Gasteiger partial charge in [-0.1, -0.05) is 28.1 Å². The predicted molar refractivity (Wildman–Crippen MR) is 125 cm³/mol. The minimum Gasteiger partial charge on any atom is -0.326 e. The third kappa shape index (κ3) is 4.75. The third-order valence-corrected chi connectivity index (χ3v) is 5.73. The van der Waals surface area contributed by atoms with Crippen molar-refractivity contribution in [2.75, 3.05) is 10.3 Å². The van der Waals surface area contributed by atoms with E-state index in [0.29, 0.717) is 22.2 Å². The van der Waals surface area contributed by atoms with Crippen LogP contribution < -0.4 is 10.3 Å². The number of thiazole rings is 1. The molecule has 0 spiro atoms. The van der Waals surface area contributed by atoms with Crippen molar-refractivity contribution in [2.24, 2.45) is 15.3 Å². The van der Waals surface area contributed by atoms with E-state index in [4.69, 9.17) is 0 Å². The van der Waals surface area contributed by atoms with Crippen molar-refractivity contribution in [3.8, 4) is 11.3 Å². The van der Waals surface area contributed by atoms with E-state index in [1.165, 1.54) is 23.3 Å². The lowest BCUT2D eigenvalue weighted by atomic mass is 10.2. The number of anilines is 2. The number of halogens is 1. The summed E-state index contributed by atoms with van der Waals surface area (Å²) in [5.74, 6) is -0.448. The minimum absolute atomic E-state index is 0.150. The van der Waals surface area contributed by atoms with Crippen molar-refractivity contribution >= 4 is 61.3 Å². The van der Waals surface area contributed by atoms with Crippen molar-refractivity contribution in [1.29, 1.82) is 0 Å². The van der Waals surface area contributed by atoms with Gasteiger partial charge in [0.25, 0.3) is 5.91 Å². The summed E-state index contributed by atoms with van der Waals surface area (Å²) in [7, 11) is 0. The fourth-order valence-electron chi connectivity index (χ4n) is 2.88. The third-order valence-electron chi connectivity index (χ3n) is 4.39. The van der Waals surface area contributed by atoms with E-state index < -0.39 is 6.04 Å². The molecule has 0 unspecified atom stereocenters. The van der Waals surface area contributed by atoms with E-state index in [-0.39, 0.29) is 11.8 Å². The first-order valence-corrected chi connectivity index (χ1v) is 11.0. The van der Waals surface area contributed by atoms with Crippen LogP contribution in [0.5, 0.6) is 0 Å². The number of nitrogens with zero attached hydrogens (tertiary/aromatic N) is 5. The lowest BCUT2D eigenvalue weighted by Crippen LogP contribution is -2.29. The summed E-state index contributed by atoms with van der Waals surface area (Å²) in [6, 6.07) is 13.9. The summed E-state index contributed by atoms with van der Waals surface area (Å²) in [5.41, 5.74) is 3.51. The van der Waals surface area contributed by atoms with Gasteiger partial charge in [-0.05, 0) is 43.3 Å². The summed E-state index contributed by atoms with van der Waals surface area (Å²) in [5, 5.41) is 19.0. The zero-order valence-electron chi connectivity index (χ0n) is 16.6. The largest absolute Gasteiger partial charge is 0.326 e. The Hall–Kier alpha value is -3.24. The molecular weight excluding hydrogens is 480 g/mol. The molecule has 0 fully saturated rings. The maximum absolute atomic E-state index is 12.9. The zero-order chi connectivity index (χ0) is 22.0. The van der Waals surface area contributed by atoms with Gasteiger partial charge in [0.1, 0.15) is 0 Å². The number of rotatable bonds is 5. The fraction of sp³-hybridized carbons (Fsp3) is 0.143. The number of aromatic nitrogens is 1. The highest BCUT2D eigenvalue weighted by Gasteiger charge is 2.36. The maximum atomic E-state index is 12.9. The molecule has 1 aliphatic rings. The number of nitrogens with one attached hydrogen (secondary N) is 1. The van der Waals surface area contributed by atoms with Crippen LogP contribution in [0.3, 0.4) is 0 Å². The second kappa shape index (κ2) is 8.86. The van der Waals surface area contributed by atoms with Crippen LogP contribution in [0.25, 0.3) is 11.3 Å². The Morgan fingerprint density at radius 1 is 1.16 bits per heavy atom. The average molecular weight is 497 g/mol. The number of hydrazone groups is 1. The number of carbonyl (C=O) groups is 2. The van der Waals surface area contributed by atoms with Crippen LogP contribution in [-0.4, -0.2) is 28.6 Å². The van der Waals surface area contributed by atoms with Gasteiger partial charge in [-0.2, -0.15) is 20.3 Å². The van der Waals surface area contributed by atoms with Crippen LogP contribution in [-0.2, 0) is 9.59 Å². The van der Waals surface area contributed by atoms with Crippen LogP contribution in [0.1, 0.15) is 13.8 Å². The van der Waals surface area contributed by atoms with Crippen LogP contribution in [0.4, 0.5) is 16.5 Å². The fourth-order valence-corrected chi connectivity index (χ4v) is 3.93. The minimum atomic E-state index is -0.796. The second-order valence-corrected chi connectivity index (χ2v) is 8.51. The Bertz CT molecular complexity index is 1190. The van der Waals surface area contributed by atoms with Gasteiger partial charge in [0.2, 0.25) is 11.0 Å². The molecule has 0 saturated heterocycles. The van der Waals surface area contributed by atoms with Crippen LogP contribution in [0.15, 0.2) is 73.7 Å². The van der Waals surface area contributed by atoms with Crippen molar-refractivity contribution in [3.05, 3.63) is 58.4 Å². The van der Waals surface area contributed by atoms with Gasteiger partial charge in [-0.3, -0.25) is 9.59 Å². The van der Waals surface area contributed by atoms with Crippen LogP contribution >= 0.6 is 27.3 Å². The van der Waals surface area contributed by atoms with Gasteiger partial charge >= 0.3 is 0 Å². The van der Waals surface area contributed by atoms with Gasteiger partial charge in [0.05, 0.1) is 17.1 Å². The Morgan fingerprint density at radius 2 is 1.87 bits per heavy atom. The molecule has 0 saturated carbocycles. The van der Waals surface area contributed by atoms with Gasteiger partial charge in [-0.15, -0.1) is 11.3 Å². The Labute approximate surface area is 190 Å². The molecule has 1 aliphatic heterocycles. The summed E-state index contributed by atoms with van der Waals surface area (Å²) < 4.78 is 0.986. The molecule has 2 aromatic carbocycles. The van der Waals surface area contributed by atoms with Crippen molar-refractivity contribution in [1.82, 2.24) is 4.98 Å². The lowest BCUT2D eigenvalue weighted by molar-refractivity contribution is -0.118. The first kappa shape index (κ1) is 21.0. The highest BCUT2D eigenvalue weighted by Crippen LogP contribution is 2.31. The Morgan fingerprint density at radius 3 is 2.55 bits per heavy atom. The summed E-state index contributed by atoms with van der Waals surface area (Å²) in [6.45, 7) is 3.18. The summed E-state index contributed by atoms with van der Waals surface area (Å²) in [4.78, 5) is 28.5. The molecule has 31 heavy (non-hydrogen) atoms. The molecule has 4 rings (SSSR count). The number of hydrogen-bond donors (Lipinski definition) is 1. The molecular formula is C21H17BrN6O2S. The summed E-state index contributed by atoms with van der Waals surface area (Å²) >= 11 is 4.76. The van der Waals surface area contributed by atoms with Gasteiger partial charge in [-0.25, -0.2) is 4.98 Å². The number of carbonyl (C=O) groups excluding carboxylic acids is 2. The topological polar surface area (TPSA) is 99.4 Å². The van der Waals surface area contributed by atoms with Crippen molar-refractivity contribution in [3.63, 3.8) is 0 Å². The van der Waals surface area contributed by atoms with Crippen molar-refractivity contribution in [2.45, 2.75) is 19.9 Å². The Kier molecular flexibility index (Phi) is 6.01. The first-order valence-electron chi connectivity index (χ1n) is 9.30.